The summed E-state index contributed by atoms with van der Waals surface area (Å²) in [5, 5.41) is 4.38. The Morgan fingerprint density at radius 3 is 2.71 bits per heavy atom. The minimum absolute atomic E-state index is 0.0859. The van der Waals surface area contributed by atoms with Gasteiger partial charge in [0.05, 0.1) is 12.1 Å². The Bertz CT molecular complexity index is 357. The van der Waals surface area contributed by atoms with Gasteiger partial charge in [0.25, 0.3) is 0 Å². The molecule has 0 aliphatic rings. The second kappa shape index (κ2) is 6.55. The zero-order valence-electron chi connectivity index (χ0n) is 11.0. The van der Waals surface area contributed by atoms with E-state index in [4.69, 9.17) is 5.73 Å². The van der Waals surface area contributed by atoms with Gasteiger partial charge in [0.2, 0.25) is 0 Å². The molecule has 96 valence electrons. The van der Waals surface area contributed by atoms with Crippen LogP contribution in [0.25, 0.3) is 0 Å². The third-order valence-corrected chi connectivity index (χ3v) is 2.94. The van der Waals surface area contributed by atoms with Crippen LogP contribution in [-0.4, -0.2) is 22.1 Å². The lowest BCUT2D eigenvalue weighted by atomic mass is 9.97. The first-order chi connectivity index (χ1) is 8.04. The van der Waals surface area contributed by atoms with Gasteiger partial charge in [0, 0.05) is 18.2 Å². The van der Waals surface area contributed by atoms with Gasteiger partial charge in [-0.3, -0.25) is 9.48 Å². The second-order valence-electron chi connectivity index (χ2n) is 4.86. The van der Waals surface area contributed by atoms with Gasteiger partial charge in [-0.1, -0.05) is 6.92 Å². The molecule has 0 amide bonds. The molecule has 1 aromatic rings. The lowest BCUT2D eigenvalue weighted by molar-refractivity contribution is -0.122. The summed E-state index contributed by atoms with van der Waals surface area (Å²) in [5.41, 5.74) is 6.30. The van der Waals surface area contributed by atoms with E-state index in [2.05, 4.69) is 18.9 Å². The molecule has 1 unspecified atom stereocenters. The summed E-state index contributed by atoms with van der Waals surface area (Å²) in [6.45, 7) is 6.77. The van der Waals surface area contributed by atoms with Gasteiger partial charge in [-0.15, -0.1) is 0 Å². The third kappa shape index (κ3) is 4.30. The van der Waals surface area contributed by atoms with Crippen molar-refractivity contribution in [2.75, 3.05) is 6.54 Å². The smallest absolute Gasteiger partial charge is 0.141 e. The van der Waals surface area contributed by atoms with Gasteiger partial charge >= 0.3 is 0 Å². The summed E-state index contributed by atoms with van der Waals surface area (Å²) in [7, 11) is 0. The normalized spacial score (nSPS) is 13.0. The van der Waals surface area contributed by atoms with Crippen LogP contribution in [0.2, 0.25) is 0 Å². The molecule has 1 heterocycles. The van der Waals surface area contributed by atoms with E-state index in [1.54, 1.807) is 0 Å². The third-order valence-electron chi connectivity index (χ3n) is 2.94. The van der Waals surface area contributed by atoms with Crippen LogP contribution in [0.4, 0.5) is 0 Å². The average Bonchev–Trinajstić information content (AvgIpc) is 2.74. The number of hydrogen-bond acceptors (Lipinski definition) is 3. The minimum atomic E-state index is 0.0859. The monoisotopic (exact) mass is 237 g/mol. The van der Waals surface area contributed by atoms with Gasteiger partial charge < -0.3 is 5.73 Å². The number of Topliss-reactive ketones (excluding diaryl/α,β-unsaturated/α-hetero) is 1. The molecule has 0 saturated heterocycles. The summed E-state index contributed by atoms with van der Waals surface area (Å²) in [5.74, 6) is 0.343. The zero-order valence-corrected chi connectivity index (χ0v) is 11.0. The SMILES string of the molecule is CC(CCCN)C(=O)Cc1ccn(C(C)C)n1. The van der Waals surface area contributed by atoms with Crippen molar-refractivity contribution in [2.45, 2.75) is 46.1 Å². The Kier molecular flexibility index (Phi) is 5.35. The molecule has 0 aliphatic carbocycles. The highest BCUT2D eigenvalue weighted by Gasteiger charge is 2.14. The van der Waals surface area contributed by atoms with Crippen molar-refractivity contribution in [3.05, 3.63) is 18.0 Å². The number of nitrogens with zero attached hydrogens (tertiary/aromatic N) is 2. The summed E-state index contributed by atoms with van der Waals surface area (Å²) >= 11 is 0. The zero-order chi connectivity index (χ0) is 12.8. The van der Waals surface area contributed by atoms with Crippen molar-refractivity contribution in [3.63, 3.8) is 0 Å². The predicted octanol–water partition coefficient (Wildman–Crippen LogP) is 1.95. The van der Waals surface area contributed by atoms with Crippen LogP contribution in [0.1, 0.15) is 45.3 Å². The Hall–Kier alpha value is -1.16. The van der Waals surface area contributed by atoms with Crippen molar-refractivity contribution in [1.82, 2.24) is 9.78 Å². The molecule has 1 rings (SSSR count). The molecule has 0 aliphatic heterocycles. The van der Waals surface area contributed by atoms with Crippen LogP contribution in [-0.2, 0) is 11.2 Å². The quantitative estimate of drug-likeness (QED) is 0.788. The second-order valence-corrected chi connectivity index (χ2v) is 4.86. The standard InChI is InChI=1S/C13H23N3O/c1-10(2)16-8-6-12(15-16)9-13(17)11(3)5-4-7-14/h6,8,10-11H,4-5,7,9,14H2,1-3H3. The van der Waals surface area contributed by atoms with E-state index in [0.29, 0.717) is 19.0 Å². The average molecular weight is 237 g/mol. The van der Waals surface area contributed by atoms with Crippen LogP contribution in [0.3, 0.4) is 0 Å². The molecule has 0 spiro atoms. The maximum absolute atomic E-state index is 11.9. The number of nitrogens with two attached hydrogens (primary N) is 1. The van der Waals surface area contributed by atoms with Gasteiger partial charge in [0.1, 0.15) is 5.78 Å². The maximum atomic E-state index is 11.9. The van der Waals surface area contributed by atoms with E-state index in [0.717, 1.165) is 18.5 Å². The Morgan fingerprint density at radius 1 is 1.47 bits per heavy atom. The summed E-state index contributed by atoms with van der Waals surface area (Å²) in [4.78, 5) is 11.9. The molecular weight excluding hydrogens is 214 g/mol. The van der Waals surface area contributed by atoms with Crippen molar-refractivity contribution in [2.24, 2.45) is 11.7 Å². The molecule has 0 radical (unpaired) electrons. The number of hydrogen-bond donors (Lipinski definition) is 1. The van der Waals surface area contributed by atoms with Gasteiger partial charge in [-0.2, -0.15) is 5.10 Å². The summed E-state index contributed by atoms with van der Waals surface area (Å²) in [6.07, 6.45) is 4.15. The van der Waals surface area contributed by atoms with Crippen molar-refractivity contribution < 1.29 is 4.79 Å². The van der Waals surface area contributed by atoms with Gasteiger partial charge in [-0.25, -0.2) is 0 Å². The molecule has 0 fully saturated rings. The van der Waals surface area contributed by atoms with Gasteiger partial charge in [-0.05, 0) is 39.3 Å². The molecule has 4 heteroatoms. The van der Waals surface area contributed by atoms with Crippen LogP contribution < -0.4 is 5.73 Å². The number of rotatable bonds is 7. The van der Waals surface area contributed by atoms with Gasteiger partial charge in [0.15, 0.2) is 0 Å². The highest BCUT2D eigenvalue weighted by Crippen LogP contribution is 2.11. The fourth-order valence-electron chi connectivity index (χ4n) is 1.70. The Balaban J connectivity index is 2.49. The first-order valence-corrected chi connectivity index (χ1v) is 6.31. The fourth-order valence-corrected chi connectivity index (χ4v) is 1.70. The van der Waals surface area contributed by atoms with E-state index in [1.807, 2.05) is 23.9 Å². The molecule has 4 nitrogen and oxygen atoms in total. The van der Waals surface area contributed by atoms with E-state index in [9.17, 15) is 4.79 Å². The molecule has 0 bridgehead atoms. The van der Waals surface area contributed by atoms with Crippen LogP contribution >= 0.6 is 0 Å². The summed E-state index contributed by atoms with van der Waals surface area (Å²) < 4.78 is 1.88. The summed E-state index contributed by atoms with van der Waals surface area (Å²) in [6, 6.07) is 2.27. The molecular formula is C13H23N3O. The highest BCUT2D eigenvalue weighted by atomic mass is 16.1. The number of carbonyl (C=O) groups excluding carboxylic acids is 1. The Morgan fingerprint density at radius 2 is 2.18 bits per heavy atom. The lowest BCUT2D eigenvalue weighted by Gasteiger charge is -2.08. The van der Waals surface area contributed by atoms with Crippen LogP contribution in [0.5, 0.6) is 0 Å². The highest BCUT2D eigenvalue weighted by molar-refractivity contribution is 5.82. The van der Waals surface area contributed by atoms with Crippen LogP contribution in [0.15, 0.2) is 12.3 Å². The number of aromatic nitrogens is 2. The Labute approximate surface area is 103 Å². The molecule has 0 aromatic carbocycles. The number of ketones is 1. The molecule has 17 heavy (non-hydrogen) atoms. The molecule has 0 saturated carbocycles. The first kappa shape index (κ1) is 13.9. The molecule has 1 aromatic heterocycles. The van der Waals surface area contributed by atoms with E-state index < -0.39 is 0 Å². The van der Waals surface area contributed by atoms with Crippen molar-refractivity contribution in [1.29, 1.82) is 0 Å². The molecule has 1 atom stereocenters. The lowest BCUT2D eigenvalue weighted by Crippen LogP contribution is -2.15. The van der Waals surface area contributed by atoms with Crippen molar-refractivity contribution in [3.8, 4) is 0 Å². The predicted molar refractivity (Wildman–Crippen MR) is 68.8 cm³/mol. The van der Waals surface area contributed by atoms with Crippen LogP contribution in [0, 0.1) is 5.92 Å². The van der Waals surface area contributed by atoms with Crippen molar-refractivity contribution >= 4 is 5.78 Å². The first-order valence-electron chi connectivity index (χ1n) is 6.31. The topological polar surface area (TPSA) is 60.9 Å². The largest absolute Gasteiger partial charge is 0.330 e. The number of carbonyl (C=O) groups is 1. The van der Waals surface area contributed by atoms with E-state index in [1.165, 1.54) is 0 Å². The van der Waals surface area contributed by atoms with E-state index >= 15 is 0 Å². The maximum Gasteiger partial charge on any atom is 0.141 e. The molecule has 2 N–H and O–H groups in total. The minimum Gasteiger partial charge on any atom is -0.330 e. The van der Waals surface area contributed by atoms with E-state index in [-0.39, 0.29) is 11.7 Å². The fraction of sp³-hybridized carbons (Fsp3) is 0.692.